The van der Waals surface area contributed by atoms with Crippen molar-refractivity contribution in [1.82, 2.24) is 14.5 Å². The van der Waals surface area contributed by atoms with E-state index in [-0.39, 0.29) is 21.8 Å². The zero-order chi connectivity index (χ0) is 19.6. The topological polar surface area (TPSA) is 103 Å². The minimum absolute atomic E-state index is 0.143. The zero-order valence-corrected chi connectivity index (χ0v) is 16.9. The van der Waals surface area contributed by atoms with Crippen molar-refractivity contribution >= 4 is 27.6 Å². The maximum atomic E-state index is 12.8. The van der Waals surface area contributed by atoms with Gasteiger partial charge in [0.25, 0.3) is 5.22 Å². The molecule has 0 spiro atoms. The monoisotopic (exact) mass is 423 g/mol. The summed E-state index contributed by atoms with van der Waals surface area (Å²) < 4.78 is 38.0. The molecule has 0 radical (unpaired) electrons. The van der Waals surface area contributed by atoms with Crippen molar-refractivity contribution in [2.45, 2.75) is 41.1 Å². The molecule has 0 amide bonds. The van der Waals surface area contributed by atoms with Crippen LogP contribution >= 0.6 is 11.8 Å². The Balaban J connectivity index is 1.53. The van der Waals surface area contributed by atoms with E-state index < -0.39 is 10.0 Å². The van der Waals surface area contributed by atoms with E-state index in [1.165, 1.54) is 16.1 Å². The van der Waals surface area contributed by atoms with E-state index in [4.69, 9.17) is 9.15 Å². The molecule has 2 aromatic rings. The lowest BCUT2D eigenvalue weighted by molar-refractivity contribution is -0.119. The van der Waals surface area contributed by atoms with Crippen LogP contribution in [0.4, 0.5) is 0 Å². The molecule has 1 aromatic heterocycles. The predicted molar refractivity (Wildman–Crippen MR) is 102 cm³/mol. The first-order valence-electron chi connectivity index (χ1n) is 9.25. The third-order valence-electron chi connectivity index (χ3n) is 4.84. The summed E-state index contributed by atoms with van der Waals surface area (Å²) in [6.07, 6.45) is 3.37. The molecule has 4 rings (SSSR count). The van der Waals surface area contributed by atoms with Gasteiger partial charge in [0.1, 0.15) is 5.78 Å². The molecule has 2 aliphatic rings. The van der Waals surface area contributed by atoms with Gasteiger partial charge in [-0.3, -0.25) is 4.79 Å². The van der Waals surface area contributed by atoms with E-state index in [9.17, 15) is 13.2 Å². The number of carbonyl (C=O) groups excluding carboxylic acids is 1. The number of carbonyl (C=O) groups is 1. The average molecular weight is 424 g/mol. The lowest BCUT2D eigenvalue weighted by Crippen LogP contribution is -2.40. The number of ketones is 1. The van der Waals surface area contributed by atoms with Crippen molar-refractivity contribution < 1.29 is 22.4 Å². The summed E-state index contributed by atoms with van der Waals surface area (Å²) in [6.45, 7) is 1.46. The van der Waals surface area contributed by atoms with Gasteiger partial charge >= 0.3 is 0 Å². The fraction of sp³-hybridized carbons (Fsp3) is 0.500. The van der Waals surface area contributed by atoms with Crippen molar-refractivity contribution in [3.8, 4) is 11.5 Å². The molecular formula is C18H21N3O5S2. The Hall–Kier alpha value is -1.75. The molecule has 2 heterocycles. The van der Waals surface area contributed by atoms with Gasteiger partial charge in [-0.05, 0) is 31.0 Å². The van der Waals surface area contributed by atoms with E-state index in [1.807, 2.05) is 0 Å². The fourth-order valence-corrected chi connectivity index (χ4v) is 5.74. The molecule has 1 aromatic carbocycles. The number of ether oxygens (including phenoxy) is 1. The van der Waals surface area contributed by atoms with Crippen LogP contribution in [0.1, 0.15) is 25.7 Å². The number of nitrogens with zero attached hydrogens (tertiary/aromatic N) is 3. The van der Waals surface area contributed by atoms with Gasteiger partial charge in [0.2, 0.25) is 15.9 Å². The molecule has 1 atom stereocenters. The maximum absolute atomic E-state index is 12.8. The van der Waals surface area contributed by atoms with Crippen molar-refractivity contribution in [2.24, 2.45) is 0 Å². The average Bonchev–Trinajstić information content (AvgIpc) is 3.19. The van der Waals surface area contributed by atoms with Crippen LogP contribution in [0.25, 0.3) is 11.5 Å². The number of aromatic nitrogens is 2. The van der Waals surface area contributed by atoms with E-state index >= 15 is 0 Å². The molecule has 0 bridgehead atoms. The highest BCUT2D eigenvalue weighted by Crippen LogP contribution is 2.32. The van der Waals surface area contributed by atoms with Crippen LogP contribution < -0.4 is 0 Å². The van der Waals surface area contributed by atoms with Gasteiger partial charge in [-0.2, -0.15) is 4.31 Å². The number of morpholine rings is 1. The molecule has 1 saturated carbocycles. The Labute approximate surface area is 167 Å². The first-order valence-corrected chi connectivity index (χ1v) is 11.6. The van der Waals surface area contributed by atoms with Crippen LogP contribution in [0.2, 0.25) is 0 Å². The van der Waals surface area contributed by atoms with E-state index in [2.05, 4.69) is 10.2 Å². The smallest absolute Gasteiger partial charge is 0.277 e. The van der Waals surface area contributed by atoms with Crippen molar-refractivity contribution in [2.75, 3.05) is 26.3 Å². The molecule has 28 heavy (non-hydrogen) atoms. The summed E-state index contributed by atoms with van der Waals surface area (Å²) in [7, 11) is -3.60. The third kappa shape index (κ3) is 4.14. The van der Waals surface area contributed by atoms with E-state index in [1.54, 1.807) is 24.3 Å². The fourth-order valence-electron chi connectivity index (χ4n) is 3.30. The maximum Gasteiger partial charge on any atom is 0.277 e. The number of Topliss-reactive ketones (excluding diaryl/α,β-unsaturated/α-hetero) is 1. The number of hydrogen-bond acceptors (Lipinski definition) is 8. The minimum atomic E-state index is -3.60. The summed E-state index contributed by atoms with van der Waals surface area (Å²) in [4.78, 5) is 12.2. The van der Waals surface area contributed by atoms with Crippen LogP contribution in [-0.2, 0) is 19.6 Å². The predicted octanol–water partition coefficient (Wildman–Crippen LogP) is 2.36. The second-order valence-corrected chi connectivity index (χ2v) is 9.83. The Morgan fingerprint density at radius 2 is 1.96 bits per heavy atom. The standard InChI is InChI=1S/C18H21N3O5S2/c22-15-6-1-2-7-16(15)27-18-20-19-17(26-18)13-4-3-5-14(12-13)28(23,24)21-8-10-25-11-9-21/h3-5,12,16H,1-2,6-11H2. The van der Waals surface area contributed by atoms with Crippen molar-refractivity contribution in [1.29, 1.82) is 0 Å². The molecule has 1 aliphatic carbocycles. The number of benzene rings is 1. The van der Waals surface area contributed by atoms with Gasteiger partial charge in [-0.25, -0.2) is 8.42 Å². The van der Waals surface area contributed by atoms with Gasteiger partial charge in [-0.1, -0.05) is 24.2 Å². The van der Waals surface area contributed by atoms with Crippen LogP contribution in [-0.4, -0.2) is 60.3 Å². The van der Waals surface area contributed by atoms with Crippen molar-refractivity contribution in [3.05, 3.63) is 24.3 Å². The summed E-state index contributed by atoms with van der Waals surface area (Å²) in [5, 5.41) is 8.24. The van der Waals surface area contributed by atoms with Crippen LogP contribution in [0.3, 0.4) is 0 Å². The summed E-state index contributed by atoms with van der Waals surface area (Å²) in [5.74, 6) is 0.458. The highest BCUT2D eigenvalue weighted by atomic mass is 32.2. The molecule has 10 heteroatoms. The number of sulfonamides is 1. The van der Waals surface area contributed by atoms with E-state index in [0.717, 1.165) is 19.3 Å². The van der Waals surface area contributed by atoms with Gasteiger partial charge in [-0.15, -0.1) is 10.2 Å². The second kappa shape index (κ2) is 8.32. The molecule has 0 N–H and O–H groups in total. The Kier molecular flexibility index (Phi) is 5.81. The first-order chi connectivity index (χ1) is 13.5. The summed E-state index contributed by atoms with van der Waals surface area (Å²) >= 11 is 1.29. The molecule has 1 unspecified atom stereocenters. The van der Waals surface area contributed by atoms with Crippen molar-refractivity contribution in [3.63, 3.8) is 0 Å². The van der Waals surface area contributed by atoms with Crippen LogP contribution in [0, 0.1) is 0 Å². The molecular weight excluding hydrogens is 402 g/mol. The number of hydrogen-bond donors (Lipinski definition) is 0. The Morgan fingerprint density at radius 3 is 2.75 bits per heavy atom. The molecule has 2 fully saturated rings. The molecule has 8 nitrogen and oxygen atoms in total. The Morgan fingerprint density at radius 1 is 1.14 bits per heavy atom. The third-order valence-corrected chi connectivity index (χ3v) is 7.88. The lowest BCUT2D eigenvalue weighted by Gasteiger charge is -2.26. The summed E-state index contributed by atoms with van der Waals surface area (Å²) in [5.41, 5.74) is 0.531. The highest BCUT2D eigenvalue weighted by Gasteiger charge is 2.28. The van der Waals surface area contributed by atoms with Gasteiger partial charge in [0.15, 0.2) is 0 Å². The zero-order valence-electron chi connectivity index (χ0n) is 15.2. The van der Waals surface area contributed by atoms with Gasteiger partial charge in [0.05, 0.1) is 23.4 Å². The van der Waals surface area contributed by atoms with Crippen LogP contribution in [0.5, 0.6) is 0 Å². The Bertz CT molecular complexity index is 954. The number of thioether (sulfide) groups is 1. The number of rotatable bonds is 5. The molecule has 1 saturated heterocycles. The highest BCUT2D eigenvalue weighted by molar-refractivity contribution is 8.00. The lowest BCUT2D eigenvalue weighted by atomic mass is 9.99. The molecule has 150 valence electrons. The first kappa shape index (κ1) is 19.6. The second-order valence-electron chi connectivity index (χ2n) is 6.74. The normalized spacial score (nSPS) is 21.7. The van der Waals surface area contributed by atoms with E-state index in [0.29, 0.717) is 43.5 Å². The summed E-state index contributed by atoms with van der Waals surface area (Å²) in [6, 6.07) is 6.48. The SMILES string of the molecule is O=C1CCCCC1Sc1nnc(-c2cccc(S(=O)(=O)N3CCOCC3)c2)o1. The van der Waals surface area contributed by atoms with Gasteiger partial charge in [0, 0.05) is 25.1 Å². The largest absolute Gasteiger partial charge is 0.411 e. The minimum Gasteiger partial charge on any atom is -0.411 e. The van der Waals surface area contributed by atoms with Gasteiger partial charge < -0.3 is 9.15 Å². The van der Waals surface area contributed by atoms with Crippen LogP contribution in [0.15, 0.2) is 38.8 Å². The quantitative estimate of drug-likeness (QED) is 0.722. The molecule has 1 aliphatic heterocycles.